The zero-order chi connectivity index (χ0) is 17.1. The van der Waals surface area contributed by atoms with Gasteiger partial charge in [-0.2, -0.15) is 0 Å². The highest BCUT2D eigenvalue weighted by atomic mass is 16.5. The van der Waals surface area contributed by atoms with Crippen LogP contribution in [0.4, 0.5) is 4.79 Å². The van der Waals surface area contributed by atoms with Crippen LogP contribution in [-0.2, 0) is 9.53 Å². The summed E-state index contributed by atoms with van der Waals surface area (Å²) in [6.45, 7) is 1.60. The Labute approximate surface area is 133 Å². The van der Waals surface area contributed by atoms with Crippen LogP contribution in [0.25, 0.3) is 0 Å². The SMILES string of the molecule is COC(=O)C1=C(C)NC(=O)N[C@H]1c1cc(OC)c(O)c(OC)c1. The lowest BCUT2D eigenvalue weighted by atomic mass is 9.95. The monoisotopic (exact) mass is 322 g/mol. The number of aromatic hydroxyl groups is 1. The first-order valence-corrected chi connectivity index (χ1v) is 6.74. The Hall–Kier alpha value is -2.90. The molecule has 2 rings (SSSR count). The number of hydrogen-bond acceptors (Lipinski definition) is 6. The molecule has 23 heavy (non-hydrogen) atoms. The normalized spacial score (nSPS) is 17.2. The molecule has 0 saturated carbocycles. The second kappa shape index (κ2) is 6.47. The van der Waals surface area contributed by atoms with Crippen LogP contribution in [0, 0.1) is 0 Å². The van der Waals surface area contributed by atoms with E-state index >= 15 is 0 Å². The number of allylic oxidation sites excluding steroid dienone is 1. The van der Waals surface area contributed by atoms with Crippen molar-refractivity contribution in [1.29, 1.82) is 0 Å². The van der Waals surface area contributed by atoms with E-state index in [0.717, 1.165) is 0 Å². The molecule has 0 aliphatic carbocycles. The van der Waals surface area contributed by atoms with Crippen LogP contribution in [0.5, 0.6) is 17.2 Å². The smallest absolute Gasteiger partial charge is 0.337 e. The van der Waals surface area contributed by atoms with Gasteiger partial charge in [0.05, 0.1) is 32.9 Å². The number of urea groups is 1. The zero-order valence-electron chi connectivity index (χ0n) is 13.2. The molecule has 1 aliphatic rings. The lowest BCUT2D eigenvalue weighted by Crippen LogP contribution is -2.45. The van der Waals surface area contributed by atoms with Gasteiger partial charge in [-0.1, -0.05) is 0 Å². The number of ether oxygens (including phenoxy) is 3. The van der Waals surface area contributed by atoms with Gasteiger partial charge in [0.1, 0.15) is 0 Å². The van der Waals surface area contributed by atoms with Gasteiger partial charge in [-0.3, -0.25) is 0 Å². The third kappa shape index (κ3) is 3.01. The van der Waals surface area contributed by atoms with Gasteiger partial charge in [0, 0.05) is 5.70 Å². The van der Waals surface area contributed by atoms with Crippen molar-refractivity contribution in [3.63, 3.8) is 0 Å². The van der Waals surface area contributed by atoms with Gasteiger partial charge >= 0.3 is 12.0 Å². The molecule has 2 amide bonds. The number of phenolic OH excluding ortho intramolecular Hbond substituents is 1. The van der Waals surface area contributed by atoms with Gasteiger partial charge in [-0.15, -0.1) is 0 Å². The molecule has 0 aromatic heterocycles. The lowest BCUT2D eigenvalue weighted by Gasteiger charge is -2.28. The third-order valence-corrected chi connectivity index (χ3v) is 3.51. The molecule has 1 aliphatic heterocycles. The van der Waals surface area contributed by atoms with Crippen molar-refractivity contribution in [1.82, 2.24) is 10.6 Å². The lowest BCUT2D eigenvalue weighted by molar-refractivity contribution is -0.136. The molecule has 8 heteroatoms. The number of hydrogen-bond donors (Lipinski definition) is 3. The second-order valence-corrected chi connectivity index (χ2v) is 4.84. The maximum Gasteiger partial charge on any atom is 0.337 e. The fraction of sp³-hybridized carbons (Fsp3) is 0.333. The Balaban J connectivity index is 2.60. The number of carbonyl (C=O) groups excluding carboxylic acids is 2. The van der Waals surface area contributed by atoms with E-state index in [9.17, 15) is 14.7 Å². The Morgan fingerprint density at radius 2 is 1.74 bits per heavy atom. The standard InChI is InChI=1S/C15H18N2O6/c1-7-11(14(19)23-4)12(17-15(20)16-7)8-5-9(21-2)13(18)10(6-8)22-3/h5-6,12,18H,1-4H3,(H2,16,17,20)/t12-/m0/s1. The average molecular weight is 322 g/mol. The van der Waals surface area contributed by atoms with Crippen LogP contribution in [0.15, 0.2) is 23.4 Å². The Morgan fingerprint density at radius 3 is 2.22 bits per heavy atom. The van der Waals surface area contributed by atoms with Crippen LogP contribution in [-0.4, -0.2) is 38.4 Å². The predicted octanol–water partition coefficient (Wildman–Crippen LogP) is 1.21. The molecule has 124 valence electrons. The van der Waals surface area contributed by atoms with Crippen LogP contribution >= 0.6 is 0 Å². The summed E-state index contributed by atoms with van der Waals surface area (Å²) in [4.78, 5) is 23.8. The molecule has 0 fully saturated rings. The van der Waals surface area contributed by atoms with E-state index in [1.165, 1.54) is 33.5 Å². The molecule has 8 nitrogen and oxygen atoms in total. The summed E-state index contributed by atoms with van der Waals surface area (Å²) in [5.74, 6) is -0.423. The van der Waals surface area contributed by atoms with Gasteiger partial charge in [-0.05, 0) is 24.6 Å². The highest BCUT2D eigenvalue weighted by Gasteiger charge is 2.33. The molecular weight excluding hydrogens is 304 g/mol. The number of benzene rings is 1. The number of rotatable bonds is 4. The van der Waals surface area contributed by atoms with E-state index in [0.29, 0.717) is 11.3 Å². The summed E-state index contributed by atoms with van der Waals surface area (Å²) >= 11 is 0. The van der Waals surface area contributed by atoms with Gasteiger partial charge in [0.25, 0.3) is 0 Å². The fourth-order valence-electron chi connectivity index (χ4n) is 2.40. The summed E-state index contributed by atoms with van der Waals surface area (Å²) in [6.07, 6.45) is 0. The average Bonchev–Trinajstić information content (AvgIpc) is 2.53. The molecule has 1 atom stereocenters. The van der Waals surface area contributed by atoms with Gasteiger partial charge < -0.3 is 30.0 Å². The molecule has 0 bridgehead atoms. The van der Waals surface area contributed by atoms with E-state index in [1.54, 1.807) is 6.92 Å². The molecule has 0 saturated heterocycles. The Bertz CT molecular complexity index is 658. The summed E-state index contributed by atoms with van der Waals surface area (Å²) < 4.78 is 15.0. The van der Waals surface area contributed by atoms with Crippen molar-refractivity contribution in [2.75, 3.05) is 21.3 Å². The number of amides is 2. The van der Waals surface area contributed by atoms with Crippen molar-refractivity contribution >= 4 is 12.0 Å². The third-order valence-electron chi connectivity index (χ3n) is 3.51. The maximum absolute atomic E-state index is 12.1. The van der Waals surface area contributed by atoms with E-state index in [-0.39, 0.29) is 22.8 Å². The summed E-state index contributed by atoms with van der Waals surface area (Å²) in [5.41, 5.74) is 1.14. The first kappa shape index (κ1) is 16.5. The summed E-state index contributed by atoms with van der Waals surface area (Å²) in [6, 6.07) is 1.82. The van der Waals surface area contributed by atoms with Crippen molar-refractivity contribution < 1.29 is 28.9 Å². The zero-order valence-corrected chi connectivity index (χ0v) is 13.2. The highest BCUT2D eigenvalue weighted by Crippen LogP contribution is 2.40. The van der Waals surface area contributed by atoms with E-state index in [2.05, 4.69) is 10.6 Å². The number of methoxy groups -OCH3 is 3. The minimum Gasteiger partial charge on any atom is -0.502 e. The number of carbonyl (C=O) groups is 2. The van der Waals surface area contributed by atoms with Crippen molar-refractivity contribution in [3.8, 4) is 17.2 Å². The summed E-state index contributed by atoms with van der Waals surface area (Å²) in [5, 5.41) is 15.2. The van der Waals surface area contributed by atoms with Crippen molar-refractivity contribution in [2.24, 2.45) is 0 Å². The Morgan fingerprint density at radius 1 is 1.17 bits per heavy atom. The number of esters is 1. The van der Waals surface area contributed by atoms with Gasteiger partial charge in [0.15, 0.2) is 11.5 Å². The Kier molecular flexibility index (Phi) is 4.63. The number of phenols is 1. The van der Waals surface area contributed by atoms with Crippen LogP contribution < -0.4 is 20.1 Å². The predicted molar refractivity (Wildman–Crippen MR) is 80.3 cm³/mol. The van der Waals surface area contributed by atoms with E-state index < -0.39 is 18.0 Å². The van der Waals surface area contributed by atoms with Gasteiger partial charge in [-0.25, -0.2) is 9.59 Å². The van der Waals surface area contributed by atoms with Crippen LogP contribution in [0.1, 0.15) is 18.5 Å². The van der Waals surface area contributed by atoms with E-state index in [4.69, 9.17) is 14.2 Å². The maximum atomic E-state index is 12.1. The van der Waals surface area contributed by atoms with E-state index in [1.807, 2.05) is 0 Å². The molecule has 0 unspecified atom stereocenters. The topological polar surface area (TPSA) is 106 Å². The molecule has 0 radical (unpaired) electrons. The largest absolute Gasteiger partial charge is 0.502 e. The first-order valence-electron chi connectivity index (χ1n) is 6.74. The van der Waals surface area contributed by atoms with Crippen molar-refractivity contribution in [3.05, 3.63) is 29.0 Å². The quantitative estimate of drug-likeness (QED) is 0.720. The van der Waals surface area contributed by atoms with Gasteiger partial charge in [0.2, 0.25) is 5.75 Å². The summed E-state index contributed by atoms with van der Waals surface area (Å²) in [7, 11) is 4.04. The number of nitrogens with one attached hydrogen (secondary N) is 2. The second-order valence-electron chi connectivity index (χ2n) is 4.84. The molecule has 1 aromatic carbocycles. The van der Waals surface area contributed by atoms with Crippen LogP contribution in [0.3, 0.4) is 0 Å². The molecule has 1 aromatic rings. The minimum atomic E-state index is -0.764. The molecule has 3 N–H and O–H groups in total. The highest BCUT2D eigenvalue weighted by molar-refractivity contribution is 5.95. The minimum absolute atomic E-state index is 0.161. The molecule has 0 spiro atoms. The van der Waals surface area contributed by atoms with Crippen molar-refractivity contribution in [2.45, 2.75) is 13.0 Å². The molecular formula is C15H18N2O6. The molecule has 1 heterocycles. The van der Waals surface area contributed by atoms with Crippen LogP contribution in [0.2, 0.25) is 0 Å². The first-order chi connectivity index (χ1) is 10.9. The fourth-order valence-corrected chi connectivity index (χ4v) is 2.40.